The van der Waals surface area contributed by atoms with Crippen LogP contribution in [0.3, 0.4) is 0 Å². The predicted molar refractivity (Wildman–Crippen MR) is 115 cm³/mol. The zero-order valence-electron chi connectivity index (χ0n) is 15.2. The highest BCUT2D eigenvalue weighted by atomic mass is 35.5. The van der Waals surface area contributed by atoms with Crippen LogP contribution in [0.4, 0.5) is 11.4 Å². The molecule has 2 aromatic carbocycles. The van der Waals surface area contributed by atoms with Gasteiger partial charge < -0.3 is 10.4 Å². The SMILES string of the molecule is O=C(O)/C=C/C(=O)Nc1cccc(SC2CC(=O)N(c3ccc(Cl)c(Cl)c3)C2=O)c1. The van der Waals surface area contributed by atoms with Crippen molar-refractivity contribution in [3.63, 3.8) is 0 Å². The third kappa shape index (κ3) is 5.21. The zero-order chi connectivity index (χ0) is 21.8. The molecule has 1 unspecified atom stereocenters. The molecule has 3 amide bonds. The van der Waals surface area contributed by atoms with E-state index in [1.54, 1.807) is 30.3 Å². The van der Waals surface area contributed by atoms with E-state index in [2.05, 4.69) is 5.32 Å². The Bertz CT molecular complexity index is 1070. The first-order chi connectivity index (χ1) is 14.2. The van der Waals surface area contributed by atoms with Gasteiger partial charge in [0, 0.05) is 29.2 Å². The first-order valence-electron chi connectivity index (χ1n) is 8.55. The van der Waals surface area contributed by atoms with Gasteiger partial charge >= 0.3 is 5.97 Å². The Kier molecular flexibility index (Phi) is 6.81. The average molecular weight is 465 g/mol. The van der Waals surface area contributed by atoms with Gasteiger partial charge in [0.15, 0.2) is 0 Å². The lowest BCUT2D eigenvalue weighted by Gasteiger charge is -2.15. The molecule has 154 valence electrons. The van der Waals surface area contributed by atoms with E-state index < -0.39 is 17.1 Å². The van der Waals surface area contributed by atoms with Crippen LogP contribution in [0.2, 0.25) is 10.0 Å². The molecule has 7 nitrogen and oxygen atoms in total. The number of carbonyl (C=O) groups excluding carboxylic acids is 3. The highest BCUT2D eigenvalue weighted by Crippen LogP contribution is 2.36. The molecule has 3 rings (SSSR count). The van der Waals surface area contributed by atoms with Crippen molar-refractivity contribution in [3.8, 4) is 0 Å². The number of hydrogen-bond acceptors (Lipinski definition) is 5. The molecule has 1 aliphatic heterocycles. The summed E-state index contributed by atoms with van der Waals surface area (Å²) in [7, 11) is 0. The van der Waals surface area contributed by atoms with Gasteiger partial charge in [-0.2, -0.15) is 0 Å². The molecule has 1 heterocycles. The first-order valence-corrected chi connectivity index (χ1v) is 10.2. The number of thioether (sulfide) groups is 1. The van der Waals surface area contributed by atoms with E-state index in [4.69, 9.17) is 28.3 Å². The fourth-order valence-electron chi connectivity index (χ4n) is 2.73. The highest BCUT2D eigenvalue weighted by Gasteiger charge is 2.40. The van der Waals surface area contributed by atoms with Crippen molar-refractivity contribution in [1.82, 2.24) is 0 Å². The maximum Gasteiger partial charge on any atom is 0.328 e. The summed E-state index contributed by atoms with van der Waals surface area (Å²) in [5.41, 5.74) is 0.784. The van der Waals surface area contributed by atoms with Crippen LogP contribution in [0, 0.1) is 0 Å². The molecule has 1 atom stereocenters. The first kappa shape index (κ1) is 21.9. The van der Waals surface area contributed by atoms with Gasteiger partial charge in [0.25, 0.3) is 0 Å². The number of amides is 3. The number of rotatable bonds is 6. The van der Waals surface area contributed by atoms with Crippen molar-refractivity contribution in [2.45, 2.75) is 16.6 Å². The van der Waals surface area contributed by atoms with Crippen LogP contribution < -0.4 is 10.2 Å². The van der Waals surface area contributed by atoms with Crippen LogP contribution in [0.15, 0.2) is 59.5 Å². The summed E-state index contributed by atoms with van der Waals surface area (Å²) in [5.74, 6) is -2.55. The molecule has 0 bridgehead atoms. The number of carboxylic acid groups (broad SMARTS) is 1. The number of hydrogen-bond donors (Lipinski definition) is 2. The molecule has 30 heavy (non-hydrogen) atoms. The monoisotopic (exact) mass is 464 g/mol. The van der Waals surface area contributed by atoms with Crippen molar-refractivity contribution in [1.29, 1.82) is 0 Å². The van der Waals surface area contributed by atoms with Crippen LogP contribution in [0.25, 0.3) is 0 Å². The van der Waals surface area contributed by atoms with Gasteiger partial charge in [0.05, 0.1) is 21.0 Å². The van der Waals surface area contributed by atoms with E-state index in [1.165, 1.54) is 23.9 Å². The Labute approximate surface area is 185 Å². The van der Waals surface area contributed by atoms with E-state index >= 15 is 0 Å². The van der Waals surface area contributed by atoms with Gasteiger partial charge in [-0.25, -0.2) is 9.69 Å². The number of carboxylic acids is 1. The molecule has 1 saturated heterocycles. The molecule has 2 N–H and O–H groups in total. The summed E-state index contributed by atoms with van der Waals surface area (Å²) in [5, 5.41) is 11.0. The van der Waals surface area contributed by atoms with E-state index in [-0.39, 0.29) is 23.3 Å². The van der Waals surface area contributed by atoms with Gasteiger partial charge in [-0.05, 0) is 36.4 Å². The van der Waals surface area contributed by atoms with Gasteiger partial charge in [-0.3, -0.25) is 14.4 Å². The summed E-state index contributed by atoms with van der Waals surface area (Å²) in [6.07, 6.45) is 1.65. The van der Waals surface area contributed by atoms with Gasteiger partial charge in [0.2, 0.25) is 17.7 Å². The largest absolute Gasteiger partial charge is 0.478 e. The van der Waals surface area contributed by atoms with Gasteiger partial charge in [-0.15, -0.1) is 11.8 Å². The number of aliphatic carboxylic acids is 1. The standard InChI is InChI=1S/C20H14Cl2N2O5S/c21-14-5-4-12(9-15(14)22)24-18(26)10-16(20(24)29)30-13-3-1-2-11(8-13)23-17(25)6-7-19(27)28/h1-9,16H,10H2,(H,23,25)(H,27,28)/b7-6+. The van der Waals surface area contributed by atoms with E-state index in [9.17, 15) is 19.2 Å². The molecule has 0 aliphatic carbocycles. The van der Waals surface area contributed by atoms with Crippen molar-refractivity contribution in [3.05, 3.63) is 64.7 Å². The van der Waals surface area contributed by atoms with Crippen LogP contribution in [0.1, 0.15) is 6.42 Å². The second-order valence-corrected chi connectivity index (χ2v) is 8.26. The minimum atomic E-state index is -1.23. The number of nitrogens with zero attached hydrogens (tertiary/aromatic N) is 1. The number of imide groups is 1. The van der Waals surface area contributed by atoms with Crippen molar-refractivity contribution >= 4 is 70.0 Å². The van der Waals surface area contributed by atoms with E-state index in [1.807, 2.05) is 0 Å². The lowest BCUT2D eigenvalue weighted by Crippen LogP contribution is -2.31. The number of benzene rings is 2. The normalized spacial score (nSPS) is 16.3. The van der Waals surface area contributed by atoms with E-state index in [0.29, 0.717) is 21.3 Å². The highest BCUT2D eigenvalue weighted by molar-refractivity contribution is 8.00. The van der Waals surface area contributed by atoms with Crippen LogP contribution in [-0.2, 0) is 19.2 Å². The lowest BCUT2D eigenvalue weighted by molar-refractivity contribution is -0.131. The fourth-order valence-corrected chi connectivity index (χ4v) is 4.14. The van der Waals surface area contributed by atoms with Gasteiger partial charge in [-0.1, -0.05) is 29.3 Å². The second kappa shape index (κ2) is 9.34. The molecule has 0 spiro atoms. The molecule has 0 aromatic heterocycles. The lowest BCUT2D eigenvalue weighted by atomic mass is 10.3. The Hall–Kier alpha value is -2.81. The molecule has 0 radical (unpaired) electrons. The topological polar surface area (TPSA) is 104 Å². The average Bonchev–Trinajstić information content (AvgIpc) is 2.96. The van der Waals surface area contributed by atoms with Crippen LogP contribution in [-0.4, -0.2) is 34.0 Å². The van der Waals surface area contributed by atoms with E-state index in [0.717, 1.165) is 17.1 Å². The summed E-state index contributed by atoms with van der Waals surface area (Å²) >= 11 is 13.1. The molecular weight excluding hydrogens is 451 g/mol. The number of anilines is 2. The minimum Gasteiger partial charge on any atom is -0.478 e. The van der Waals surface area contributed by atoms with Crippen molar-refractivity contribution in [2.75, 3.05) is 10.2 Å². The van der Waals surface area contributed by atoms with Crippen LogP contribution in [0.5, 0.6) is 0 Å². The molecule has 1 fully saturated rings. The predicted octanol–water partition coefficient (Wildman–Crippen LogP) is 4.00. The number of carbonyl (C=O) groups is 4. The third-order valence-electron chi connectivity index (χ3n) is 4.02. The Balaban J connectivity index is 1.71. The minimum absolute atomic E-state index is 0.0156. The third-order valence-corrected chi connectivity index (χ3v) is 5.94. The molecule has 2 aromatic rings. The summed E-state index contributed by atoms with van der Waals surface area (Å²) in [6, 6.07) is 11.2. The molecule has 10 heteroatoms. The van der Waals surface area contributed by atoms with Crippen molar-refractivity contribution < 1.29 is 24.3 Å². The maximum absolute atomic E-state index is 12.8. The quantitative estimate of drug-likeness (QED) is 0.494. The second-order valence-electron chi connectivity index (χ2n) is 6.17. The smallest absolute Gasteiger partial charge is 0.328 e. The molecule has 1 aliphatic rings. The zero-order valence-corrected chi connectivity index (χ0v) is 17.5. The van der Waals surface area contributed by atoms with Gasteiger partial charge in [0.1, 0.15) is 0 Å². The summed E-state index contributed by atoms with van der Waals surface area (Å²) in [6.45, 7) is 0. The maximum atomic E-state index is 12.8. The number of halogens is 2. The van der Waals surface area contributed by atoms with Crippen LogP contribution >= 0.6 is 35.0 Å². The Morgan fingerprint density at radius 3 is 2.57 bits per heavy atom. The molecular formula is C20H14Cl2N2O5S. The molecule has 0 saturated carbocycles. The Morgan fingerprint density at radius 2 is 1.87 bits per heavy atom. The Morgan fingerprint density at radius 1 is 1.10 bits per heavy atom. The summed E-state index contributed by atoms with van der Waals surface area (Å²) in [4.78, 5) is 49.2. The number of nitrogens with one attached hydrogen (secondary N) is 1. The fraction of sp³-hybridized carbons (Fsp3) is 0.100. The van der Waals surface area contributed by atoms with Crippen molar-refractivity contribution in [2.24, 2.45) is 0 Å². The summed E-state index contributed by atoms with van der Waals surface area (Å²) < 4.78 is 0.